The van der Waals surface area contributed by atoms with E-state index in [-0.39, 0.29) is 22.2 Å². The number of hydrogen-bond acceptors (Lipinski definition) is 6. The number of halogens is 2. The van der Waals surface area contributed by atoms with Crippen LogP contribution in [-0.2, 0) is 4.79 Å². The maximum Gasteiger partial charge on any atom is 0.345 e. The van der Waals surface area contributed by atoms with Crippen molar-refractivity contribution in [1.29, 1.82) is 0 Å². The van der Waals surface area contributed by atoms with Crippen LogP contribution in [0.25, 0.3) is 0 Å². The van der Waals surface area contributed by atoms with Gasteiger partial charge in [0, 0.05) is 22.7 Å². The molecule has 0 atom stereocenters. The summed E-state index contributed by atoms with van der Waals surface area (Å²) in [5.74, 6) is -0.681. The molecule has 2 N–H and O–H groups in total. The Morgan fingerprint density at radius 3 is 2.36 bits per heavy atom. The Kier molecular flexibility index (Phi) is 9.44. The summed E-state index contributed by atoms with van der Waals surface area (Å²) in [5.41, 5.74) is 4.18. The summed E-state index contributed by atoms with van der Waals surface area (Å²) in [4.78, 5) is 36.3. The zero-order valence-corrected chi connectivity index (χ0v) is 21.0. The van der Waals surface area contributed by atoms with Crippen LogP contribution in [0.15, 0.2) is 65.8 Å². The lowest BCUT2D eigenvalue weighted by atomic mass is 10.2. The molecule has 0 fully saturated rings. The Balaban J connectivity index is 1.66. The Bertz CT molecular complexity index is 1290. The number of hydrogen-bond donors (Lipinski definition) is 2. The van der Waals surface area contributed by atoms with Gasteiger partial charge < -0.3 is 14.8 Å². The number of anilines is 1. The van der Waals surface area contributed by atoms with Crippen molar-refractivity contribution in [3.8, 4) is 11.5 Å². The fraction of sp³-hybridized carbons (Fsp3) is 0.154. The van der Waals surface area contributed by atoms with Crippen molar-refractivity contribution in [2.24, 2.45) is 5.10 Å². The molecule has 186 valence electrons. The SMILES string of the molecule is CCOc1cc(/C=N/NC(=O)c2ccc(NC(=O)CC)cc2)ccc1OC(=O)c1ccc(Cl)cc1Cl. The van der Waals surface area contributed by atoms with E-state index in [2.05, 4.69) is 15.8 Å². The van der Waals surface area contributed by atoms with Gasteiger partial charge in [-0.15, -0.1) is 0 Å². The van der Waals surface area contributed by atoms with Gasteiger partial charge in [0.05, 0.1) is 23.4 Å². The van der Waals surface area contributed by atoms with Gasteiger partial charge in [0.1, 0.15) is 0 Å². The molecular formula is C26H23Cl2N3O5. The minimum atomic E-state index is -0.661. The van der Waals surface area contributed by atoms with Crippen LogP contribution in [0.5, 0.6) is 11.5 Å². The summed E-state index contributed by atoms with van der Waals surface area (Å²) in [5, 5.41) is 7.26. The van der Waals surface area contributed by atoms with Crippen LogP contribution in [-0.4, -0.2) is 30.6 Å². The van der Waals surface area contributed by atoms with Crippen LogP contribution in [0.3, 0.4) is 0 Å². The fourth-order valence-electron chi connectivity index (χ4n) is 2.95. The first-order valence-electron chi connectivity index (χ1n) is 11.0. The molecule has 0 heterocycles. The number of ether oxygens (including phenoxy) is 2. The van der Waals surface area contributed by atoms with Crippen molar-refractivity contribution < 1.29 is 23.9 Å². The zero-order chi connectivity index (χ0) is 26.1. The lowest BCUT2D eigenvalue weighted by Crippen LogP contribution is -2.17. The maximum absolute atomic E-state index is 12.6. The normalized spacial score (nSPS) is 10.7. The van der Waals surface area contributed by atoms with Gasteiger partial charge in [-0.25, -0.2) is 10.2 Å². The first kappa shape index (κ1) is 26.7. The molecule has 36 heavy (non-hydrogen) atoms. The van der Waals surface area contributed by atoms with E-state index in [4.69, 9.17) is 32.7 Å². The molecule has 0 saturated heterocycles. The number of nitrogens with zero attached hydrogens (tertiary/aromatic N) is 1. The summed E-state index contributed by atoms with van der Waals surface area (Å²) >= 11 is 12.0. The first-order valence-corrected chi connectivity index (χ1v) is 11.7. The van der Waals surface area contributed by atoms with Crippen molar-refractivity contribution >= 4 is 52.9 Å². The van der Waals surface area contributed by atoms with Crippen LogP contribution < -0.4 is 20.2 Å². The lowest BCUT2D eigenvalue weighted by molar-refractivity contribution is -0.115. The summed E-state index contributed by atoms with van der Waals surface area (Å²) in [7, 11) is 0. The van der Waals surface area contributed by atoms with Crippen molar-refractivity contribution in [1.82, 2.24) is 5.43 Å². The van der Waals surface area contributed by atoms with Gasteiger partial charge in [-0.3, -0.25) is 9.59 Å². The number of benzene rings is 3. The van der Waals surface area contributed by atoms with E-state index < -0.39 is 11.9 Å². The highest BCUT2D eigenvalue weighted by molar-refractivity contribution is 6.36. The molecule has 0 aliphatic heterocycles. The van der Waals surface area contributed by atoms with Crippen molar-refractivity contribution in [3.63, 3.8) is 0 Å². The first-order chi connectivity index (χ1) is 17.3. The second kappa shape index (κ2) is 12.7. The summed E-state index contributed by atoms with van der Waals surface area (Å²) < 4.78 is 11.1. The van der Waals surface area contributed by atoms with Crippen LogP contribution in [0, 0.1) is 0 Å². The molecule has 3 rings (SSSR count). The fourth-order valence-corrected chi connectivity index (χ4v) is 3.44. The lowest BCUT2D eigenvalue weighted by Gasteiger charge is -2.12. The van der Waals surface area contributed by atoms with E-state index in [1.165, 1.54) is 18.3 Å². The molecule has 0 aromatic heterocycles. The molecule has 8 nitrogen and oxygen atoms in total. The highest BCUT2D eigenvalue weighted by atomic mass is 35.5. The predicted octanol–water partition coefficient (Wildman–Crippen LogP) is 5.72. The topological polar surface area (TPSA) is 106 Å². The minimum Gasteiger partial charge on any atom is -0.490 e. The number of rotatable bonds is 9. The number of esters is 1. The van der Waals surface area contributed by atoms with Crippen LogP contribution in [0.4, 0.5) is 5.69 Å². The van der Waals surface area contributed by atoms with Gasteiger partial charge in [-0.1, -0.05) is 30.1 Å². The quantitative estimate of drug-likeness (QED) is 0.160. The molecule has 0 aliphatic carbocycles. The van der Waals surface area contributed by atoms with Crippen LogP contribution in [0.2, 0.25) is 10.0 Å². The molecule has 0 unspecified atom stereocenters. The summed E-state index contributed by atoms with van der Waals surface area (Å²) in [6.07, 6.45) is 1.79. The molecule has 3 aromatic carbocycles. The van der Waals surface area contributed by atoms with Gasteiger partial charge in [-0.2, -0.15) is 5.10 Å². The molecule has 0 aliphatic rings. The molecule has 10 heteroatoms. The predicted molar refractivity (Wildman–Crippen MR) is 139 cm³/mol. The molecule has 3 aromatic rings. The molecule has 0 radical (unpaired) electrons. The third-order valence-corrected chi connectivity index (χ3v) is 5.30. The second-order valence-electron chi connectivity index (χ2n) is 7.33. The maximum atomic E-state index is 12.6. The van der Waals surface area contributed by atoms with Gasteiger partial charge >= 0.3 is 5.97 Å². The average molecular weight is 528 g/mol. The van der Waals surface area contributed by atoms with Crippen molar-refractivity contribution in [2.75, 3.05) is 11.9 Å². The number of carbonyl (C=O) groups excluding carboxylic acids is 3. The van der Waals surface area contributed by atoms with Gasteiger partial charge in [0.2, 0.25) is 5.91 Å². The van der Waals surface area contributed by atoms with E-state index in [0.717, 1.165) is 0 Å². The molecule has 2 amide bonds. The number of hydrazone groups is 1. The number of amides is 2. The Hall–Kier alpha value is -3.88. The van der Waals surface area contributed by atoms with E-state index in [9.17, 15) is 14.4 Å². The molecule has 0 spiro atoms. The molecule has 0 saturated carbocycles. The Morgan fingerprint density at radius 1 is 0.944 bits per heavy atom. The summed E-state index contributed by atoms with van der Waals surface area (Å²) in [6, 6.07) is 15.7. The number of carbonyl (C=O) groups is 3. The molecular weight excluding hydrogens is 505 g/mol. The third-order valence-electron chi connectivity index (χ3n) is 4.75. The smallest absolute Gasteiger partial charge is 0.345 e. The van der Waals surface area contributed by atoms with Crippen LogP contribution >= 0.6 is 23.2 Å². The molecule has 0 bridgehead atoms. The standard InChI is InChI=1S/C26H23Cl2N3O5/c1-3-24(32)30-19-9-6-17(7-10-19)25(33)31-29-15-16-5-12-22(23(13-16)35-4-2)36-26(34)20-11-8-18(27)14-21(20)28/h5-15H,3-4H2,1-2H3,(H,30,32)(H,31,33)/b29-15+. The highest BCUT2D eigenvalue weighted by Crippen LogP contribution is 2.30. The van der Waals surface area contributed by atoms with E-state index in [0.29, 0.717) is 40.6 Å². The zero-order valence-electron chi connectivity index (χ0n) is 19.5. The monoisotopic (exact) mass is 527 g/mol. The number of nitrogens with one attached hydrogen (secondary N) is 2. The third kappa shape index (κ3) is 7.31. The van der Waals surface area contributed by atoms with E-state index >= 15 is 0 Å². The second-order valence-corrected chi connectivity index (χ2v) is 8.17. The van der Waals surface area contributed by atoms with E-state index in [1.807, 2.05) is 0 Å². The van der Waals surface area contributed by atoms with Crippen LogP contribution in [0.1, 0.15) is 46.5 Å². The summed E-state index contributed by atoms with van der Waals surface area (Å²) in [6.45, 7) is 3.88. The Labute approximate surface area is 218 Å². The average Bonchev–Trinajstić information content (AvgIpc) is 2.85. The Morgan fingerprint density at radius 2 is 1.69 bits per heavy atom. The van der Waals surface area contributed by atoms with Gasteiger partial charge in [-0.05, 0) is 73.2 Å². The van der Waals surface area contributed by atoms with E-state index in [1.54, 1.807) is 62.4 Å². The van der Waals surface area contributed by atoms with Crippen molar-refractivity contribution in [2.45, 2.75) is 20.3 Å². The van der Waals surface area contributed by atoms with Crippen molar-refractivity contribution in [3.05, 3.63) is 87.4 Å². The van der Waals surface area contributed by atoms with Gasteiger partial charge in [0.25, 0.3) is 5.91 Å². The minimum absolute atomic E-state index is 0.113. The largest absolute Gasteiger partial charge is 0.490 e. The highest BCUT2D eigenvalue weighted by Gasteiger charge is 2.16. The van der Waals surface area contributed by atoms with Gasteiger partial charge in [0.15, 0.2) is 11.5 Å².